The third-order valence-electron chi connectivity index (χ3n) is 4.15. The zero-order valence-electron chi connectivity index (χ0n) is 13.9. The fraction of sp³-hybridized carbons (Fsp3) is 0.333. The molecule has 0 radical (unpaired) electrons. The van der Waals surface area contributed by atoms with E-state index in [9.17, 15) is 9.59 Å². The molecule has 1 aromatic heterocycles. The molecule has 3 rings (SSSR count). The third kappa shape index (κ3) is 3.42. The van der Waals surface area contributed by atoms with Gasteiger partial charge in [0.25, 0.3) is 5.91 Å². The standard InChI is InChI=1S/C18H21N3O3/c1-13-12-16(14(2)19-13)17(22)20-8-10-21(11-9-20)18(23)24-15-6-4-3-5-7-15/h3-7,12,19H,8-11H2,1-2H3. The van der Waals surface area contributed by atoms with E-state index in [1.807, 2.05) is 38.1 Å². The van der Waals surface area contributed by atoms with Crippen LogP contribution in [0.4, 0.5) is 4.79 Å². The number of nitrogens with one attached hydrogen (secondary N) is 1. The summed E-state index contributed by atoms with van der Waals surface area (Å²) in [4.78, 5) is 31.3. The van der Waals surface area contributed by atoms with Crippen LogP contribution in [0.25, 0.3) is 0 Å². The molecular weight excluding hydrogens is 306 g/mol. The van der Waals surface area contributed by atoms with Crippen molar-refractivity contribution in [1.82, 2.24) is 14.8 Å². The van der Waals surface area contributed by atoms with Crippen molar-refractivity contribution < 1.29 is 14.3 Å². The molecule has 1 aromatic carbocycles. The fourth-order valence-corrected chi connectivity index (χ4v) is 2.86. The highest BCUT2D eigenvalue weighted by Gasteiger charge is 2.27. The van der Waals surface area contributed by atoms with Crippen molar-refractivity contribution in [1.29, 1.82) is 0 Å². The number of aromatic amines is 1. The average molecular weight is 327 g/mol. The van der Waals surface area contributed by atoms with Crippen LogP contribution in [0.5, 0.6) is 5.75 Å². The minimum atomic E-state index is -0.373. The van der Waals surface area contributed by atoms with Crippen molar-refractivity contribution in [3.05, 3.63) is 53.3 Å². The van der Waals surface area contributed by atoms with Gasteiger partial charge in [0, 0.05) is 37.6 Å². The number of carbonyl (C=O) groups is 2. The SMILES string of the molecule is Cc1cc(C(=O)N2CCN(C(=O)Oc3ccccc3)CC2)c(C)[nH]1. The lowest BCUT2D eigenvalue weighted by molar-refractivity contribution is 0.0633. The number of para-hydroxylation sites is 1. The van der Waals surface area contributed by atoms with Gasteiger partial charge in [-0.1, -0.05) is 18.2 Å². The van der Waals surface area contributed by atoms with E-state index in [1.54, 1.807) is 21.9 Å². The van der Waals surface area contributed by atoms with Crippen LogP contribution in [0.3, 0.4) is 0 Å². The van der Waals surface area contributed by atoms with E-state index < -0.39 is 0 Å². The molecule has 2 amide bonds. The summed E-state index contributed by atoms with van der Waals surface area (Å²) in [6, 6.07) is 10.9. The Kier molecular flexibility index (Phi) is 4.55. The molecule has 2 aromatic rings. The summed E-state index contributed by atoms with van der Waals surface area (Å²) < 4.78 is 5.34. The Morgan fingerprint density at radius 2 is 1.62 bits per heavy atom. The number of benzene rings is 1. The summed E-state index contributed by atoms with van der Waals surface area (Å²) in [6.45, 7) is 5.79. The summed E-state index contributed by atoms with van der Waals surface area (Å²) >= 11 is 0. The van der Waals surface area contributed by atoms with E-state index in [0.29, 0.717) is 37.5 Å². The van der Waals surface area contributed by atoms with Crippen LogP contribution < -0.4 is 4.74 Å². The topological polar surface area (TPSA) is 65.6 Å². The molecule has 2 heterocycles. The number of ether oxygens (including phenoxy) is 1. The molecule has 1 aliphatic rings. The molecule has 1 saturated heterocycles. The first-order chi connectivity index (χ1) is 11.5. The highest BCUT2D eigenvalue weighted by atomic mass is 16.6. The second-order valence-corrected chi connectivity index (χ2v) is 5.95. The molecule has 24 heavy (non-hydrogen) atoms. The zero-order chi connectivity index (χ0) is 17.1. The van der Waals surface area contributed by atoms with E-state index in [-0.39, 0.29) is 12.0 Å². The summed E-state index contributed by atoms with van der Waals surface area (Å²) in [5.41, 5.74) is 2.55. The zero-order valence-corrected chi connectivity index (χ0v) is 13.9. The summed E-state index contributed by atoms with van der Waals surface area (Å²) in [5.74, 6) is 0.535. The molecular formula is C18H21N3O3. The van der Waals surface area contributed by atoms with Gasteiger partial charge in [0.2, 0.25) is 0 Å². The van der Waals surface area contributed by atoms with E-state index in [0.717, 1.165) is 11.4 Å². The van der Waals surface area contributed by atoms with E-state index in [4.69, 9.17) is 4.74 Å². The summed E-state index contributed by atoms with van der Waals surface area (Å²) in [6.07, 6.45) is -0.373. The van der Waals surface area contributed by atoms with E-state index in [1.165, 1.54) is 0 Å². The van der Waals surface area contributed by atoms with Crippen molar-refractivity contribution in [2.45, 2.75) is 13.8 Å². The molecule has 0 aliphatic carbocycles. The largest absolute Gasteiger partial charge is 0.415 e. The predicted octanol–water partition coefficient (Wildman–Crippen LogP) is 2.59. The second kappa shape index (κ2) is 6.78. The Hall–Kier alpha value is -2.76. The molecule has 0 unspecified atom stereocenters. The number of amides is 2. The summed E-state index contributed by atoms with van der Waals surface area (Å²) in [7, 11) is 0. The first-order valence-corrected chi connectivity index (χ1v) is 8.02. The number of nitrogens with zero attached hydrogens (tertiary/aromatic N) is 2. The van der Waals surface area contributed by atoms with Gasteiger partial charge in [-0.15, -0.1) is 0 Å². The van der Waals surface area contributed by atoms with Crippen LogP contribution in [0.15, 0.2) is 36.4 Å². The normalized spacial score (nSPS) is 14.6. The minimum Gasteiger partial charge on any atom is -0.410 e. The fourth-order valence-electron chi connectivity index (χ4n) is 2.86. The molecule has 1 N–H and O–H groups in total. The predicted molar refractivity (Wildman–Crippen MR) is 90.2 cm³/mol. The molecule has 0 atom stereocenters. The molecule has 1 aliphatic heterocycles. The number of hydrogen-bond donors (Lipinski definition) is 1. The first kappa shape index (κ1) is 16.1. The molecule has 0 bridgehead atoms. The molecule has 0 saturated carbocycles. The maximum Gasteiger partial charge on any atom is 0.415 e. The van der Waals surface area contributed by atoms with Crippen LogP contribution in [-0.2, 0) is 0 Å². The lowest BCUT2D eigenvalue weighted by atomic mass is 10.2. The highest BCUT2D eigenvalue weighted by Crippen LogP contribution is 2.15. The molecule has 0 spiro atoms. The van der Waals surface area contributed by atoms with Crippen LogP contribution in [0.1, 0.15) is 21.7 Å². The number of carbonyl (C=O) groups excluding carboxylic acids is 2. The Morgan fingerprint density at radius 3 is 2.21 bits per heavy atom. The number of H-pyrrole nitrogens is 1. The average Bonchev–Trinajstić information content (AvgIpc) is 2.93. The van der Waals surface area contributed by atoms with Gasteiger partial charge in [-0.05, 0) is 32.0 Å². The van der Waals surface area contributed by atoms with Gasteiger partial charge in [0.15, 0.2) is 0 Å². The van der Waals surface area contributed by atoms with Crippen molar-refractivity contribution in [3.8, 4) is 5.75 Å². The first-order valence-electron chi connectivity index (χ1n) is 8.02. The van der Waals surface area contributed by atoms with E-state index in [2.05, 4.69) is 4.98 Å². The van der Waals surface area contributed by atoms with Crippen molar-refractivity contribution in [2.75, 3.05) is 26.2 Å². The van der Waals surface area contributed by atoms with Crippen LogP contribution in [-0.4, -0.2) is 53.0 Å². The van der Waals surface area contributed by atoms with Crippen LogP contribution >= 0.6 is 0 Å². The van der Waals surface area contributed by atoms with Crippen LogP contribution in [0, 0.1) is 13.8 Å². The van der Waals surface area contributed by atoms with Gasteiger partial charge in [-0.3, -0.25) is 4.79 Å². The smallest absolute Gasteiger partial charge is 0.410 e. The maximum atomic E-state index is 12.6. The Morgan fingerprint density at radius 1 is 1.00 bits per heavy atom. The number of rotatable bonds is 2. The number of hydrogen-bond acceptors (Lipinski definition) is 3. The Balaban J connectivity index is 1.56. The van der Waals surface area contributed by atoms with Gasteiger partial charge in [-0.2, -0.15) is 0 Å². The van der Waals surface area contributed by atoms with Crippen molar-refractivity contribution in [2.24, 2.45) is 0 Å². The van der Waals surface area contributed by atoms with Gasteiger partial charge >= 0.3 is 6.09 Å². The Labute approximate surface area is 141 Å². The van der Waals surface area contributed by atoms with Gasteiger partial charge in [0.05, 0.1) is 5.56 Å². The monoisotopic (exact) mass is 327 g/mol. The Bertz CT molecular complexity index is 731. The van der Waals surface area contributed by atoms with E-state index >= 15 is 0 Å². The summed E-state index contributed by atoms with van der Waals surface area (Å²) in [5, 5.41) is 0. The van der Waals surface area contributed by atoms with Crippen LogP contribution in [0.2, 0.25) is 0 Å². The molecule has 1 fully saturated rings. The van der Waals surface area contributed by atoms with Crippen molar-refractivity contribution >= 4 is 12.0 Å². The third-order valence-corrected chi connectivity index (χ3v) is 4.15. The van der Waals surface area contributed by atoms with Crippen molar-refractivity contribution in [3.63, 3.8) is 0 Å². The lowest BCUT2D eigenvalue weighted by Gasteiger charge is -2.34. The lowest BCUT2D eigenvalue weighted by Crippen LogP contribution is -2.51. The molecule has 126 valence electrons. The molecule has 6 nitrogen and oxygen atoms in total. The van der Waals surface area contributed by atoms with Gasteiger partial charge in [0.1, 0.15) is 5.75 Å². The number of piperazine rings is 1. The quantitative estimate of drug-likeness (QED) is 0.922. The second-order valence-electron chi connectivity index (χ2n) is 5.95. The maximum absolute atomic E-state index is 12.6. The minimum absolute atomic E-state index is 0.00734. The molecule has 6 heteroatoms. The number of aryl methyl sites for hydroxylation is 2. The highest BCUT2D eigenvalue weighted by molar-refractivity contribution is 5.95. The number of aromatic nitrogens is 1. The van der Waals surface area contributed by atoms with Gasteiger partial charge < -0.3 is 19.5 Å². The van der Waals surface area contributed by atoms with Gasteiger partial charge in [-0.25, -0.2) is 4.79 Å².